The Kier molecular flexibility index (Phi) is 5.59. The number of pyridine rings is 1. The molecule has 0 aliphatic carbocycles. The van der Waals surface area contributed by atoms with Crippen molar-refractivity contribution in [3.05, 3.63) is 54.4 Å². The van der Waals surface area contributed by atoms with Gasteiger partial charge in [-0.15, -0.1) is 10.2 Å². The molecule has 1 fully saturated rings. The van der Waals surface area contributed by atoms with Crippen LogP contribution in [0.25, 0.3) is 11.5 Å². The van der Waals surface area contributed by atoms with Crippen molar-refractivity contribution in [1.82, 2.24) is 19.7 Å². The Labute approximate surface area is 181 Å². The molecule has 32 heavy (non-hydrogen) atoms. The summed E-state index contributed by atoms with van der Waals surface area (Å²) < 4.78 is 40.0. The fraction of sp³-hybridized carbons (Fsp3) is 0.333. The van der Waals surface area contributed by atoms with Crippen molar-refractivity contribution < 1.29 is 23.1 Å². The van der Waals surface area contributed by atoms with E-state index in [2.05, 4.69) is 15.2 Å². The predicted octanol–water partition coefficient (Wildman–Crippen LogP) is 3.96. The van der Waals surface area contributed by atoms with E-state index in [4.69, 9.17) is 0 Å². The normalized spacial score (nSPS) is 15.7. The Balaban J connectivity index is 1.55. The summed E-state index contributed by atoms with van der Waals surface area (Å²) in [5.74, 6) is 1.03. The van der Waals surface area contributed by atoms with Crippen LogP contribution in [0.4, 0.5) is 29.5 Å². The highest BCUT2D eigenvalue weighted by Crippen LogP contribution is 2.34. The first kappa shape index (κ1) is 21.8. The maximum atomic E-state index is 13.0. The van der Waals surface area contributed by atoms with E-state index in [1.165, 1.54) is 34.1 Å². The van der Waals surface area contributed by atoms with Gasteiger partial charge in [0.2, 0.25) is 0 Å². The second-order valence-corrected chi connectivity index (χ2v) is 7.66. The molecule has 1 aromatic carbocycles. The molecular weight excluding hydrogens is 425 g/mol. The number of hydrogen-bond donors (Lipinski definition) is 1. The van der Waals surface area contributed by atoms with Gasteiger partial charge in [0.05, 0.1) is 0 Å². The molecule has 0 bridgehead atoms. The number of aromatic nitrogens is 4. The number of rotatable bonds is 5. The average Bonchev–Trinajstić information content (AvgIpc) is 3.40. The largest absolute Gasteiger partial charge is 0.418 e. The molecule has 1 aliphatic heterocycles. The second kappa shape index (κ2) is 8.23. The van der Waals surface area contributed by atoms with Crippen LogP contribution >= 0.6 is 0 Å². The van der Waals surface area contributed by atoms with Gasteiger partial charge in [0.1, 0.15) is 17.8 Å². The molecule has 1 unspecified atom stereocenters. The van der Waals surface area contributed by atoms with Gasteiger partial charge < -0.3 is 9.67 Å². The van der Waals surface area contributed by atoms with E-state index in [-0.39, 0.29) is 17.6 Å². The number of aliphatic hydroxyl groups excluding tert-OH is 1. The Hall–Kier alpha value is -3.47. The zero-order valence-corrected chi connectivity index (χ0v) is 17.4. The van der Waals surface area contributed by atoms with Crippen LogP contribution in [0.1, 0.15) is 31.6 Å². The highest BCUT2D eigenvalue weighted by Gasteiger charge is 2.39. The zero-order valence-electron chi connectivity index (χ0n) is 17.4. The lowest BCUT2D eigenvalue weighted by Crippen LogP contribution is -2.32. The molecule has 0 spiro atoms. The van der Waals surface area contributed by atoms with Crippen molar-refractivity contribution in [3.8, 4) is 11.5 Å². The highest BCUT2D eigenvalue weighted by atomic mass is 19.4. The van der Waals surface area contributed by atoms with Crippen LogP contribution in [0.2, 0.25) is 0 Å². The maximum Gasteiger partial charge on any atom is 0.418 e. The molecule has 1 atom stereocenters. The van der Waals surface area contributed by atoms with Gasteiger partial charge in [-0.3, -0.25) is 9.80 Å². The van der Waals surface area contributed by atoms with Crippen molar-refractivity contribution in [3.63, 3.8) is 0 Å². The summed E-state index contributed by atoms with van der Waals surface area (Å²) in [5.41, 5.74) is 0.727. The quantitative estimate of drug-likeness (QED) is 0.641. The Morgan fingerprint density at radius 1 is 1.03 bits per heavy atom. The lowest BCUT2D eigenvalue weighted by Gasteiger charge is -2.20. The van der Waals surface area contributed by atoms with Crippen molar-refractivity contribution in [1.29, 1.82) is 0 Å². The summed E-state index contributed by atoms with van der Waals surface area (Å²) in [7, 11) is 0. The molecule has 1 N–H and O–H groups in total. The van der Waals surface area contributed by atoms with Crippen LogP contribution in [-0.4, -0.2) is 50.2 Å². The first-order valence-electron chi connectivity index (χ1n) is 9.97. The molecule has 3 heterocycles. The highest BCUT2D eigenvalue weighted by molar-refractivity contribution is 6.05. The summed E-state index contributed by atoms with van der Waals surface area (Å²) >= 11 is 0. The average molecular weight is 446 g/mol. The van der Waals surface area contributed by atoms with Crippen LogP contribution in [-0.2, 0) is 0 Å². The third-order valence-electron chi connectivity index (χ3n) is 5.21. The number of alkyl halides is 3. The van der Waals surface area contributed by atoms with Gasteiger partial charge >= 0.3 is 12.2 Å². The number of anilines is 2. The van der Waals surface area contributed by atoms with Crippen LogP contribution in [0.15, 0.2) is 48.8 Å². The number of halogens is 3. The van der Waals surface area contributed by atoms with E-state index in [0.717, 1.165) is 0 Å². The Morgan fingerprint density at radius 3 is 2.38 bits per heavy atom. The van der Waals surface area contributed by atoms with Gasteiger partial charge in [0.25, 0.3) is 0 Å². The molecule has 2 aromatic heterocycles. The molecule has 8 nitrogen and oxygen atoms in total. The number of urea groups is 1. The number of amides is 2. The van der Waals surface area contributed by atoms with E-state index >= 15 is 0 Å². The molecule has 1 saturated heterocycles. The fourth-order valence-electron chi connectivity index (χ4n) is 3.52. The standard InChI is InChI=1S/C21H21F3N6O2/c1-13(2)30-12-25-27-19(30)16-4-3-5-17(26-16)29-11-10-28(20(29)32)15-8-6-14(7-9-15)18(31)21(22,23)24/h3-9,12-13,18,31H,10-11H2,1-2H3. The lowest BCUT2D eigenvalue weighted by molar-refractivity contribution is -0.206. The molecule has 0 saturated carbocycles. The minimum absolute atomic E-state index is 0.133. The van der Waals surface area contributed by atoms with E-state index in [1.54, 1.807) is 24.5 Å². The Morgan fingerprint density at radius 2 is 1.72 bits per heavy atom. The van der Waals surface area contributed by atoms with Crippen LogP contribution in [0.3, 0.4) is 0 Å². The monoisotopic (exact) mass is 446 g/mol. The van der Waals surface area contributed by atoms with Gasteiger partial charge in [-0.25, -0.2) is 9.78 Å². The molecule has 1 aliphatic rings. The number of carbonyl (C=O) groups excluding carboxylic acids is 1. The van der Waals surface area contributed by atoms with Crippen molar-refractivity contribution in [2.75, 3.05) is 22.9 Å². The molecule has 2 amide bonds. The smallest absolute Gasteiger partial charge is 0.379 e. The number of nitrogens with zero attached hydrogens (tertiary/aromatic N) is 6. The van der Waals surface area contributed by atoms with Gasteiger partial charge in [0.15, 0.2) is 11.9 Å². The van der Waals surface area contributed by atoms with E-state index in [1.807, 2.05) is 18.4 Å². The SMILES string of the molecule is CC(C)n1cnnc1-c1cccc(N2CCN(c3ccc(C(O)C(F)(F)F)cc3)C2=O)n1. The van der Waals surface area contributed by atoms with Gasteiger partial charge in [-0.2, -0.15) is 13.2 Å². The third kappa shape index (κ3) is 4.03. The van der Waals surface area contributed by atoms with Gasteiger partial charge in [-0.1, -0.05) is 18.2 Å². The molecule has 3 aromatic rings. The minimum Gasteiger partial charge on any atom is -0.379 e. The minimum atomic E-state index is -4.75. The molecule has 4 rings (SSSR count). The number of carbonyl (C=O) groups is 1. The number of benzene rings is 1. The van der Waals surface area contributed by atoms with E-state index in [0.29, 0.717) is 36.1 Å². The van der Waals surface area contributed by atoms with Crippen molar-refractivity contribution in [2.45, 2.75) is 32.2 Å². The van der Waals surface area contributed by atoms with Crippen molar-refractivity contribution in [2.24, 2.45) is 0 Å². The fourth-order valence-corrected chi connectivity index (χ4v) is 3.52. The predicted molar refractivity (Wildman–Crippen MR) is 111 cm³/mol. The molecule has 11 heteroatoms. The summed E-state index contributed by atoms with van der Waals surface area (Å²) in [6.45, 7) is 4.70. The lowest BCUT2D eigenvalue weighted by atomic mass is 10.1. The summed E-state index contributed by atoms with van der Waals surface area (Å²) in [6.07, 6.45) is -5.70. The number of aliphatic hydroxyl groups is 1. The molecule has 0 radical (unpaired) electrons. The second-order valence-electron chi connectivity index (χ2n) is 7.66. The first-order valence-corrected chi connectivity index (χ1v) is 9.97. The van der Waals surface area contributed by atoms with Gasteiger partial charge in [-0.05, 0) is 43.7 Å². The van der Waals surface area contributed by atoms with E-state index in [9.17, 15) is 23.1 Å². The molecular formula is C21H21F3N6O2. The van der Waals surface area contributed by atoms with E-state index < -0.39 is 12.3 Å². The zero-order chi connectivity index (χ0) is 23.0. The summed E-state index contributed by atoms with van der Waals surface area (Å²) in [4.78, 5) is 20.5. The third-order valence-corrected chi connectivity index (χ3v) is 5.21. The Bertz CT molecular complexity index is 1110. The van der Waals surface area contributed by atoms with Crippen LogP contribution in [0, 0.1) is 0 Å². The van der Waals surface area contributed by atoms with Crippen LogP contribution in [0.5, 0.6) is 0 Å². The first-order chi connectivity index (χ1) is 15.2. The van der Waals surface area contributed by atoms with Crippen LogP contribution < -0.4 is 9.80 Å². The maximum absolute atomic E-state index is 13.0. The summed E-state index contributed by atoms with van der Waals surface area (Å²) in [5, 5.41) is 17.5. The summed E-state index contributed by atoms with van der Waals surface area (Å²) in [6, 6.07) is 10.2. The topological polar surface area (TPSA) is 87.4 Å². The molecule has 168 valence electrons. The van der Waals surface area contributed by atoms with Gasteiger partial charge in [0, 0.05) is 24.8 Å². The number of hydrogen-bond acceptors (Lipinski definition) is 5. The van der Waals surface area contributed by atoms with Crippen molar-refractivity contribution >= 4 is 17.5 Å².